The molecule has 0 saturated carbocycles. The first-order chi connectivity index (χ1) is 12.5. The molecule has 134 valence electrons. The first-order valence-electron chi connectivity index (χ1n) is 8.61. The number of benzene rings is 2. The maximum Gasteiger partial charge on any atom is 0.258 e. The molecule has 2 aromatic carbocycles. The van der Waals surface area contributed by atoms with Gasteiger partial charge in [0.15, 0.2) is 0 Å². The van der Waals surface area contributed by atoms with Gasteiger partial charge in [0.25, 0.3) is 5.91 Å². The van der Waals surface area contributed by atoms with E-state index in [1.165, 1.54) is 6.08 Å². The average molecular weight is 350 g/mol. The summed E-state index contributed by atoms with van der Waals surface area (Å²) in [4.78, 5) is 26.1. The number of fused-ring (bicyclic) bond motifs is 1. The van der Waals surface area contributed by atoms with Crippen LogP contribution in [0, 0.1) is 0 Å². The van der Waals surface area contributed by atoms with Gasteiger partial charge in [0, 0.05) is 11.3 Å². The van der Waals surface area contributed by atoms with Crippen molar-refractivity contribution in [3.63, 3.8) is 0 Å². The monoisotopic (exact) mass is 350 g/mol. The molecule has 0 unspecified atom stereocenters. The molecule has 2 amide bonds. The number of hydrogen-bond donors (Lipinski definition) is 1. The van der Waals surface area contributed by atoms with E-state index in [2.05, 4.69) is 25.7 Å². The van der Waals surface area contributed by atoms with Crippen LogP contribution < -0.4 is 15.0 Å². The molecular formula is C21H22N2O3. The Balaban J connectivity index is 1.86. The van der Waals surface area contributed by atoms with Gasteiger partial charge in [-0.1, -0.05) is 26.5 Å². The predicted octanol–water partition coefficient (Wildman–Crippen LogP) is 3.97. The van der Waals surface area contributed by atoms with E-state index in [4.69, 9.17) is 4.74 Å². The lowest BCUT2D eigenvalue weighted by Crippen LogP contribution is -2.38. The Morgan fingerprint density at radius 1 is 1.19 bits per heavy atom. The number of nitrogens with one attached hydrogen (secondary N) is 1. The van der Waals surface area contributed by atoms with Crippen molar-refractivity contribution in [2.75, 3.05) is 23.4 Å². The second-order valence-electron chi connectivity index (χ2n) is 6.46. The summed E-state index contributed by atoms with van der Waals surface area (Å²) in [7, 11) is 0. The van der Waals surface area contributed by atoms with Crippen LogP contribution in [0.25, 0.3) is 0 Å². The van der Waals surface area contributed by atoms with Crippen LogP contribution in [-0.2, 0) is 4.79 Å². The molecule has 0 aromatic heterocycles. The smallest absolute Gasteiger partial charge is 0.258 e. The number of hydrogen-bond acceptors (Lipinski definition) is 3. The fourth-order valence-corrected chi connectivity index (χ4v) is 2.85. The molecule has 1 aliphatic heterocycles. The van der Waals surface area contributed by atoms with Gasteiger partial charge < -0.3 is 15.0 Å². The van der Waals surface area contributed by atoms with Crippen LogP contribution in [0.3, 0.4) is 0 Å². The highest BCUT2D eigenvalue weighted by molar-refractivity contribution is 6.07. The molecular weight excluding hydrogens is 328 g/mol. The summed E-state index contributed by atoms with van der Waals surface area (Å²) in [5.41, 5.74) is 3.14. The Hall–Kier alpha value is -3.08. The van der Waals surface area contributed by atoms with Gasteiger partial charge in [0.1, 0.15) is 12.4 Å². The normalized spacial score (nSPS) is 13.0. The molecule has 1 N–H and O–H groups in total. The van der Waals surface area contributed by atoms with Crippen LogP contribution in [0.2, 0.25) is 0 Å². The molecule has 0 bridgehead atoms. The maximum absolute atomic E-state index is 13.0. The topological polar surface area (TPSA) is 58.6 Å². The Kier molecular flexibility index (Phi) is 5.07. The third kappa shape index (κ3) is 3.61. The first kappa shape index (κ1) is 17.7. The highest BCUT2D eigenvalue weighted by Gasteiger charge is 2.25. The highest BCUT2D eigenvalue weighted by atomic mass is 16.5. The number of anilines is 2. The van der Waals surface area contributed by atoms with Crippen LogP contribution in [0.15, 0.2) is 55.1 Å². The zero-order valence-electron chi connectivity index (χ0n) is 15.0. The van der Waals surface area contributed by atoms with Gasteiger partial charge in [-0.25, -0.2) is 0 Å². The van der Waals surface area contributed by atoms with Gasteiger partial charge in [0.2, 0.25) is 5.91 Å². The van der Waals surface area contributed by atoms with Crippen LogP contribution in [-0.4, -0.2) is 25.0 Å². The Morgan fingerprint density at radius 3 is 2.58 bits per heavy atom. The third-order valence-electron chi connectivity index (χ3n) is 4.34. The molecule has 26 heavy (non-hydrogen) atoms. The summed E-state index contributed by atoms with van der Waals surface area (Å²) in [5.74, 6) is 0.722. The van der Waals surface area contributed by atoms with E-state index in [9.17, 15) is 9.59 Å². The number of nitrogens with zero attached hydrogens (tertiary/aromatic N) is 1. The van der Waals surface area contributed by atoms with E-state index in [0.29, 0.717) is 30.3 Å². The minimum atomic E-state index is -0.285. The Labute approximate surface area is 153 Å². The standard InChI is InChI=1S/C21H22N2O3/c1-4-20(24)22-17-8-5-15(6-9-17)21(25)23-11-12-26-19-10-7-16(14(2)3)13-18(19)23/h4-10,13-14H,1,11-12H2,2-3H3,(H,22,24). The fraction of sp³-hybridized carbons (Fsp3) is 0.238. The molecule has 5 heteroatoms. The van der Waals surface area contributed by atoms with Gasteiger partial charge in [-0.05, 0) is 54.0 Å². The quantitative estimate of drug-likeness (QED) is 0.849. The number of amides is 2. The van der Waals surface area contributed by atoms with E-state index in [1.807, 2.05) is 18.2 Å². The molecule has 5 nitrogen and oxygen atoms in total. The van der Waals surface area contributed by atoms with Crippen LogP contribution >= 0.6 is 0 Å². The van der Waals surface area contributed by atoms with Gasteiger partial charge in [-0.2, -0.15) is 0 Å². The summed E-state index contributed by atoms with van der Waals surface area (Å²) >= 11 is 0. The summed E-state index contributed by atoms with van der Waals surface area (Å²) in [6.07, 6.45) is 1.20. The van der Waals surface area contributed by atoms with Crippen molar-refractivity contribution in [1.29, 1.82) is 0 Å². The molecule has 0 fully saturated rings. The van der Waals surface area contributed by atoms with E-state index in [0.717, 1.165) is 17.0 Å². The molecule has 1 heterocycles. The average Bonchev–Trinajstić information content (AvgIpc) is 2.67. The molecule has 0 spiro atoms. The third-order valence-corrected chi connectivity index (χ3v) is 4.34. The molecule has 0 saturated heterocycles. The van der Waals surface area contributed by atoms with Crippen molar-refractivity contribution in [2.45, 2.75) is 19.8 Å². The van der Waals surface area contributed by atoms with Crippen molar-refractivity contribution in [1.82, 2.24) is 0 Å². The van der Waals surface area contributed by atoms with E-state index >= 15 is 0 Å². The summed E-state index contributed by atoms with van der Waals surface area (Å²) < 4.78 is 5.70. The van der Waals surface area contributed by atoms with Crippen molar-refractivity contribution in [3.05, 3.63) is 66.2 Å². The molecule has 0 atom stereocenters. The molecule has 0 aliphatic carbocycles. The van der Waals surface area contributed by atoms with Crippen molar-refractivity contribution >= 4 is 23.2 Å². The number of carbonyl (C=O) groups excluding carboxylic acids is 2. The molecule has 0 radical (unpaired) electrons. The zero-order chi connectivity index (χ0) is 18.7. The second-order valence-corrected chi connectivity index (χ2v) is 6.46. The minimum Gasteiger partial charge on any atom is -0.490 e. The van der Waals surface area contributed by atoms with Gasteiger partial charge >= 0.3 is 0 Å². The van der Waals surface area contributed by atoms with Gasteiger partial charge in [-0.15, -0.1) is 0 Å². The zero-order valence-corrected chi connectivity index (χ0v) is 15.0. The Bertz CT molecular complexity index is 841. The largest absolute Gasteiger partial charge is 0.490 e. The summed E-state index contributed by atoms with van der Waals surface area (Å²) in [6, 6.07) is 12.8. The summed E-state index contributed by atoms with van der Waals surface area (Å²) in [5, 5.41) is 2.67. The lowest BCUT2D eigenvalue weighted by molar-refractivity contribution is -0.111. The lowest BCUT2D eigenvalue weighted by atomic mass is 10.0. The highest BCUT2D eigenvalue weighted by Crippen LogP contribution is 2.35. The van der Waals surface area contributed by atoms with Crippen molar-refractivity contribution in [3.8, 4) is 5.75 Å². The van der Waals surface area contributed by atoms with Crippen LogP contribution in [0.5, 0.6) is 5.75 Å². The van der Waals surface area contributed by atoms with E-state index < -0.39 is 0 Å². The minimum absolute atomic E-state index is 0.0861. The Morgan fingerprint density at radius 2 is 1.92 bits per heavy atom. The SMILES string of the molecule is C=CC(=O)Nc1ccc(C(=O)N2CCOc3ccc(C(C)C)cc32)cc1. The van der Waals surface area contributed by atoms with Crippen LogP contribution in [0.1, 0.15) is 35.7 Å². The first-order valence-corrected chi connectivity index (χ1v) is 8.61. The van der Waals surface area contributed by atoms with Gasteiger partial charge in [-0.3, -0.25) is 9.59 Å². The predicted molar refractivity (Wildman–Crippen MR) is 103 cm³/mol. The van der Waals surface area contributed by atoms with E-state index in [-0.39, 0.29) is 11.8 Å². The second kappa shape index (κ2) is 7.44. The van der Waals surface area contributed by atoms with Gasteiger partial charge in [0.05, 0.1) is 12.2 Å². The number of ether oxygens (including phenoxy) is 1. The van der Waals surface area contributed by atoms with E-state index in [1.54, 1.807) is 29.2 Å². The van der Waals surface area contributed by atoms with Crippen molar-refractivity contribution in [2.24, 2.45) is 0 Å². The maximum atomic E-state index is 13.0. The summed E-state index contributed by atoms with van der Waals surface area (Å²) in [6.45, 7) is 8.63. The van der Waals surface area contributed by atoms with Crippen molar-refractivity contribution < 1.29 is 14.3 Å². The number of rotatable bonds is 4. The number of carbonyl (C=O) groups is 2. The molecule has 2 aromatic rings. The molecule has 3 rings (SSSR count). The molecule has 1 aliphatic rings. The fourth-order valence-electron chi connectivity index (χ4n) is 2.85. The lowest BCUT2D eigenvalue weighted by Gasteiger charge is -2.30. The van der Waals surface area contributed by atoms with Crippen LogP contribution in [0.4, 0.5) is 11.4 Å².